The van der Waals surface area contributed by atoms with Gasteiger partial charge in [0, 0.05) is 0 Å². The number of unbranched alkanes of at least 4 members (excludes halogenated alkanes) is 1. The normalized spacial score (nSPS) is 12.4. The number of ketones is 1. The van der Waals surface area contributed by atoms with Crippen LogP contribution in [0.4, 0.5) is 0 Å². The van der Waals surface area contributed by atoms with Crippen LogP contribution in [0, 0.1) is 5.92 Å². The molecule has 0 heterocycles. The zero-order valence-corrected chi connectivity index (χ0v) is 11.6. The molecule has 17 heavy (non-hydrogen) atoms. The van der Waals surface area contributed by atoms with Gasteiger partial charge in [0.15, 0.2) is 5.78 Å². The first-order chi connectivity index (χ1) is 7.90. The lowest BCUT2D eigenvalue weighted by Crippen LogP contribution is -2.17. The van der Waals surface area contributed by atoms with Gasteiger partial charge in [-0.05, 0) is 32.6 Å². The fourth-order valence-electron chi connectivity index (χ4n) is 1.71. The summed E-state index contributed by atoms with van der Waals surface area (Å²) >= 11 is 0. The SMILES string of the molecule is CCCCOC(=O)C(C(C)=O)=C(C)CC(C)C. The van der Waals surface area contributed by atoms with Crippen molar-refractivity contribution < 1.29 is 14.3 Å². The Morgan fingerprint density at radius 2 is 1.76 bits per heavy atom. The number of allylic oxidation sites excluding steroid dienone is 1. The Labute approximate surface area is 104 Å². The predicted molar refractivity (Wildman–Crippen MR) is 68.7 cm³/mol. The molecule has 0 rings (SSSR count). The molecule has 0 amide bonds. The summed E-state index contributed by atoms with van der Waals surface area (Å²) in [4.78, 5) is 23.3. The zero-order valence-electron chi connectivity index (χ0n) is 11.6. The molecule has 0 radical (unpaired) electrons. The lowest BCUT2D eigenvalue weighted by atomic mass is 9.97. The van der Waals surface area contributed by atoms with Crippen molar-refractivity contribution in [2.45, 2.75) is 53.9 Å². The third-order valence-electron chi connectivity index (χ3n) is 2.43. The van der Waals surface area contributed by atoms with Crippen molar-refractivity contribution in [2.24, 2.45) is 5.92 Å². The van der Waals surface area contributed by atoms with Crippen LogP contribution in [0.25, 0.3) is 0 Å². The monoisotopic (exact) mass is 240 g/mol. The van der Waals surface area contributed by atoms with E-state index in [-0.39, 0.29) is 11.4 Å². The second kappa shape index (κ2) is 8.04. The Bertz CT molecular complexity index is 301. The average Bonchev–Trinajstić information content (AvgIpc) is 2.16. The highest BCUT2D eigenvalue weighted by atomic mass is 16.5. The highest BCUT2D eigenvalue weighted by molar-refractivity contribution is 6.16. The van der Waals surface area contributed by atoms with Crippen LogP contribution in [0.15, 0.2) is 11.1 Å². The third kappa shape index (κ3) is 6.25. The van der Waals surface area contributed by atoms with E-state index in [1.807, 2.05) is 13.8 Å². The first kappa shape index (κ1) is 15.9. The molecule has 0 N–H and O–H groups in total. The van der Waals surface area contributed by atoms with E-state index in [9.17, 15) is 9.59 Å². The first-order valence-corrected chi connectivity index (χ1v) is 6.27. The van der Waals surface area contributed by atoms with Gasteiger partial charge in [-0.3, -0.25) is 4.79 Å². The van der Waals surface area contributed by atoms with Crippen LogP contribution < -0.4 is 0 Å². The van der Waals surface area contributed by atoms with E-state index < -0.39 is 5.97 Å². The quantitative estimate of drug-likeness (QED) is 0.225. The molecule has 3 nitrogen and oxygen atoms in total. The van der Waals surface area contributed by atoms with Crippen molar-refractivity contribution in [3.63, 3.8) is 0 Å². The minimum absolute atomic E-state index is 0.204. The van der Waals surface area contributed by atoms with Gasteiger partial charge >= 0.3 is 5.97 Å². The molecule has 3 heteroatoms. The van der Waals surface area contributed by atoms with Gasteiger partial charge in [0.05, 0.1) is 6.61 Å². The fourth-order valence-corrected chi connectivity index (χ4v) is 1.71. The zero-order chi connectivity index (χ0) is 13.4. The van der Waals surface area contributed by atoms with Gasteiger partial charge < -0.3 is 4.74 Å². The Morgan fingerprint density at radius 1 is 1.18 bits per heavy atom. The maximum atomic E-state index is 11.8. The maximum absolute atomic E-state index is 11.8. The molecule has 0 aromatic heterocycles. The molecule has 0 saturated carbocycles. The van der Waals surface area contributed by atoms with E-state index in [2.05, 4.69) is 13.8 Å². The highest BCUT2D eigenvalue weighted by Gasteiger charge is 2.19. The van der Waals surface area contributed by atoms with Gasteiger partial charge in [-0.2, -0.15) is 0 Å². The van der Waals surface area contributed by atoms with E-state index in [0.29, 0.717) is 12.5 Å². The second-order valence-electron chi connectivity index (χ2n) is 4.80. The summed E-state index contributed by atoms with van der Waals surface area (Å²) in [5, 5.41) is 0. The van der Waals surface area contributed by atoms with Crippen LogP contribution in [0.5, 0.6) is 0 Å². The summed E-state index contributed by atoms with van der Waals surface area (Å²) in [5.74, 6) is -0.249. The van der Waals surface area contributed by atoms with Gasteiger partial charge in [-0.15, -0.1) is 0 Å². The molecule has 0 aromatic carbocycles. The molecule has 0 aliphatic carbocycles. The van der Waals surface area contributed by atoms with E-state index in [0.717, 1.165) is 24.8 Å². The van der Waals surface area contributed by atoms with E-state index in [1.54, 1.807) is 0 Å². The molecule has 0 bridgehead atoms. The minimum atomic E-state index is -0.468. The summed E-state index contributed by atoms with van der Waals surface area (Å²) < 4.78 is 5.09. The number of hydrogen-bond acceptors (Lipinski definition) is 3. The number of esters is 1. The average molecular weight is 240 g/mol. The van der Waals surface area contributed by atoms with Crippen molar-refractivity contribution in [3.05, 3.63) is 11.1 Å². The van der Waals surface area contributed by atoms with Gasteiger partial charge in [-0.1, -0.05) is 32.8 Å². The van der Waals surface area contributed by atoms with Crippen LogP contribution in [-0.2, 0) is 14.3 Å². The topological polar surface area (TPSA) is 43.4 Å². The number of Topliss-reactive ketones (excluding diaryl/α,β-unsaturated/α-hetero) is 1. The van der Waals surface area contributed by atoms with Crippen molar-refractivity contribution in [2.75, 3.05) is 6.61 Å². The van der Waals surface area contributed by atoms with E-state index in [1.165, 1.54) is 6.92 Å². The number of rotatable bonds is 7. The van der Waals surface area contributed by atoms with Crippen molar-refractivity contribution in [3.8, 4) is 0 Å². The minimum Gasteiger partial charge on any atom is -0.462 e. The Balaban J connectivity index is 4.72. The van der Waals surface area contributed by atoms with Crippen LogP contribution in [0.2, 0.25) is 0 Å². The second-order valence-corrected chi connectivity index (χ2v) is 4.80. The maximum Gasteiger partial charge on any atom is 0.341 e. The summed E-state index contributed by atoms with van der Waals surface area (Å²) in [6, 6.07) is 0. The van der Waals surface area contributed by atoms with E-state index >= 15 is 0 Å². The van der Waals surface area contributed by atoms with E-state index in [4.69, 9.17) is 4.74 Å². The largest absolute Gasteiger partial charge is 0.462 e. The van der Waals surface area contributed by atoms with Gasteiger partial charge in [0.1, 0.15) is 5.57 Å². The van der Waals surface area contributed by atoms with Crippen LogP contribution in [0.3, 0.4) is 0 Å². The predicted octanol–water partition coefficient (Wildman–Crippen LogP) is 3.28. The van der Waals surface area contributed by atoms with Crippen molar-refractivity contribution in [1.29, 1.82) is 0 Å². The number of ether oxygens (including phenoxy) is 1. The van der Waals surface area contributed by atoms with Crippen LogP contribution in [-0.4, -0.2) is 18.4 Å². The molecule has 0 fully saturated rings. The highest BCUT2D eigenvalue weighted by Crippen LogP contribution is 2.16. The lowest BCUT2D eigenvalue weighted by Gasteiger charge is -2.11. The first-order valence-electron chi connectivity index (χ1n) is 6.27. The molecule has 0 aliphatic heterocycles. The Hall–Kier alpha value is -1.12. The standard InChI is InChI=1S/C14H24O3/c1-6-7-8-17-14(16)13(12(5)15)11(4)9-10(2)3/h10H,6-9H2,1-5H3. The molecule has 0 spiro atoms. The molecule has 0 unspecified atom stereocenters. The summed E-state index contributed by atoms with van der Waals surface area (Å²) in [7, 11) is 0. The molecule has 0 saturated heterocycles. The van der Waals surface area contributed by atoms with Gasteiger partial charge in [0.2, 0.25) is 0 Å². The van der Waals surface area contributed by atoms with Gasteiger partial charge in [-0.25, -0.2) is 4.79 Å². The summed E-state index contributed by atoms with van der Waals surface area (Å²) in [6.07, 6.45) is 2.55. The molecule has 0 aliphatic rings. The third-order valence-corrected chi connectivity index (χ3v) is 2.43. The lowest BCUT2D eigenvalue weighted by molar-refractivity contribution is -0.140. The molecular formula is C14H24O3. The number of carbonyl (C=O) groups is 2. The number of hydrogen-bond donors (Lipinski definition) is 0. The number of carbonyl (C=O) groups excluding carboxylic acids is 2. The summed E-state index contributed by atoms with van der Waals surface area (Å²) in [5.41, 5.74) is 1.06. The van der Waals surface area contributed by atoms with Crippen LogP contribution >= 0.6 is 0 Å². The molecule has 0 aromatic rings. The Morgan fingerprint density at radius 3 is 2.18 bits per heavy atom. The van der Waals surface area contributed by atoms with Crippen molar-refractivity contribution in [1.82, 2.24) is 0 Å². The molecule has 98 valence electrons. The van der Waals surface area contributed by atoms with Crippen molar-refractivity contribution >= 4 is 11.8 Å². The summed E-state index contributed by atoms with van der Waals surface area (Å²) in [6.45, 7) is 9.78. The Kier molecular flexibility index (Phi) is 7.51. The van der Waals surface area contributed by atoms with Crippen LogP contribution in [0.1, 0.15) is 53.9 Å². The fraction of sp³-hybridized carbons (Fsp3) is 0.714. The smallest absolute Gasteiger partial charge is 0.341 e. The molecular weight excluding hydrogens is 216 g/mol. The molecule has 0 atom stereocenters. The van der Waals surface area contributed by atoms with Gasteiger partial charge in [0.25, 0.3) is 0 Å².